The van der Waals surface area contributed by atoms with E-state index in [9.17, 15) is 0 Å². The number of nitrogens with one attached hydrogen (secondary N) is 1. The van der Waals surface area contributed by atoms with Crippen molar-refractivity contribution in [2.45, 2.75) is 6.54 Å². The molecule has 2 aliphatic rings. The van der Waals surface area contributed by atoms with Gasteiger partial charge in [0.05, 0.1) is 0 Å². The standard InChI is InChI=1S/C22H32N8.HI/c1-23-22(30-16-14-28(15-17-30)20-7-3-4-8-24-20)26-18-19-6-5-9-25-21(19)29-12-10-27(2)11-13-29;/h3-9H,10-18H2,1-2H3,(H,23,26);1H. The van der Waals surface area contributed by atoms with Crippen molar-refractivity contribution in [3.63, 3.8) is 0 Å². The van der Waals surface area contributed by atoms with E-state index in [1.807, 2.05) is 37.6 Å². The van der Waals surface area contributed by atoms with Crippen LogP contribution in [0.2, 0.25) is 0 Å². The van der Waals surface area contributed by atoms with Crippen molar-refractivity contribution in [2.24, 2.45) is 4.99 Å². The topological polar surface area (TPSA) is 63.1 Å². The van der Waals surface area contributed by atoms with Gasteiger partial charge in [-0.2, -0.15) is 0 Å². The molecule has 2 aliphatic heterocycles. The second-order valence-electron chi connectivity index (χ2n) is 7.84. The second-order valence-corrected chi connectivity index (χ2v) is 7.84. The van der Waals surface area contributed by atoms with Crippen LogP contribution in [-0.4, -0.2) is 92.2 Å². The van der Waals surface area contributed by atoms with Gasteiger partial charge in [-0.15, -0.1) is 24.0 Å². The molecule has 0 saturated carbocycles. The number of likely N-dealkylation sites (N-methyl/N-ethyl adjacent to an activating group) is 1. The summed E-state index contributed by atoms with van der Waals surface area (Å²) in [6, 6.07) is 10.3. The summed E-state index contributed by atoms with van der Waals surface area (Å²) in [7, 11) is 4.04. The van der Waals surface area contributed by atoms with E-state index in [2.05, 4.69) is 59.1 Å². The predicted molar refractivity (Wildman–Crippen MR) is 138 cm³/mol. The number of halogens is 1. The Kier molecular flexibility index (Phi) is 8.70. The molecule has 0 radical (unpaired) electrons. The molecule has 4 rings (SSSR count). The average Bonchev–Trinajstić information content (AvgIpc) is 2.81. The Bertz CT molecular complexity index is 830. The van der Waals surface area contributed by atoms with Crippen LogP contribution in [0.5, 0.6) is 0 Å². The maximum absolute atomic E-state index is 4.69. The molecule has 0 aromatic carbocycles. The third-order valence-corrected chi connectivity index (χ3v) is 5.87. The Morgan fingerprint density at radius 3 is 2.29 bits per heavy atom. The van der Waals surface area contributed by atoms with E-state index in [0.717, 1.165) is 76.5 Å². The molecule has 168 valence electrons. The van der Waals surface area contributed by atoms with E-state index in [4.69, 9.17) is 0 Å². The third-order valence-electron chi connectivity index (χ3n) is 5.87. The number of guanidine groups is 1. The maximum Gasteiger partial charge on any atom is 0.194 e. The van der Waals surface area contributed by atoms with Crippen molar-refractivity contribution in [2.75, 3.05) is 76.3 Å². The lowest BCUT2D eigenvalue weighted by molar-refractivity contribution is 0.311. The molecule has 31 heavy (non-hydrogen) atoms. The second kappa shape index (κ2) is 11.5. The largest absolute Gasteiger partial charge is 0.354 e. The molecule has 2 aromatic rings. The van der Waals surface area contributed by atoms with E-state index in [1.165, 1.54) is 5.56 Å². The Morgan fingerprint density at radius 2 is 1.61 bits per heavy atom. The molecule has 0 aliphatic carbocycles. The summed E-state index contributed by atoms with van der Waals surface area (Å²) in [4.78, 5) is 23.1. The minimum Gasteiger partial charge on any atom is -0.354 e. The van der Waals surface area contributed by atoms with Gasteiger partial charge in [0.2, 0.25) is 0 Å². The lowest BCUT2D eigenvalue weighted by Gasteiger charge is -2.37. The van der Waals surface area contributed by atoms with Gasteiger partial charge in [0.15, 0.2) is 5.96 Å². The van der Waals surface area contributed by atoms with Crippen LogP contribution in [0.15, 0.2) is 47.7 Å². The normalized spacial score (nSPS) is 18.0. The first-order valence-corrected chi connectivity index (χ1v) is 10.7. The molecule has 2 saturated heterocycles. The van der Waals surface area contributed by atoms with Crippen LogP contribution in [0.1, 0.15) is 5.56 Å². The molecule has 2 fully saturated rings. The zero-order valence-electron chi connectivity index (χ0n) is 18.4. The van der Waals surface area contributed by atoms with Crippen molar-refractivity contribution < 1.29 is 0 Å². The fourth-order valence-electron chi connectivity index (χ4n) is 4.07. The van der Waals surface area contributed by atoms with Gasteiger partial charge in [-0.25, -0.2) is 9.97 Å². The average molecular weight is 536 g/mol. The van der Waals surface area contributed by atoms with Crippen LogP contribution >= 0.6 is 24.0 Å². The third kappa shape index (κ3) is 5.97. The number of pyridine rings is 2. The predicted octanol–water partition coefficient (Wildman–Crippen LogP) is 1.74. The highest BCUT2D eigenvalue weighted by molar-refractivity contribution is 14.0. The van der Waals surface area contributed by atoms with Crippen molar-refractivity contribution in [3.8, 4) is 0 Å². The van der Waals surface area contributed by atoms with Crippen LogP contribution in [0.25, 0.3) is 0 Å². The van der Waals surface area contributed by atoms with E-state index in [-0.39, 0.29) is 24.0 Å². The molecule has 0 amide bonds. The van der Waals surface area contributed by atoms with E-state index in [1.54, 1.807) is 0 Å². The van der Waals surface area contributed by atoms with Crippen molar-refractivity contribution in [1.29, 1.82) is 0 Å². The minimum atomic E-state index is 0. The van der Waals surface area contributed by atoms with Crippen molar-refractivity contribution in [1.82, 2.24) is 25.1 Å². The summed E-state index contributed by atoms with van der Waals surface area (Å²) < 4.78 is 0. The van der Waals surface area contributed by atoms with E-state index >= 15 is 0 Å². The Hall–Kier alpha value is -2.14. The molecule has 1 N–H and O–H groups in total. The fourth-order valence-corrected chi connectivity index (χ4v) is 4.07. The van der Waals surface area contributed by atoms with E-state index < -0.39 is 0 Å². The number of aromatic nitrogens is 2. The minimum absolute atomic E-state index is 0. The number of anilines is 2. The van der Waals surface area contributed by atoms with Crippen LogP contribution in [-0.2, 0) is 6.54 Å². The highest BCUT2D eigenvalue weighted by Gasteiger charge is 2.21. The van der Waals surface area contributed by atoms with Gasteiger partial charge >= 0.3 is 0 Å². The summed E-state index contributed by atoms with van der Waals surface area (Å²) in [6.07, 6.45) is 3.75. The molecular weight excluding hydrogens is 503 g/mol. The van der Waals surface area contributed by atoms with Gasteiger partial charge in [0, 0.05) is 83.9 Å². The van der Waals surface area contributed by atoms with Gasteiger partial charge in [-0.3, -0.25) is 4.99 Å². The molecule has 0 unspecified atom stereocenters. The first-order valence-electron chi connectivity index (χ1n) is 10.7. The summed E-state index contributed by atoms with van der Waals surface area (Å²) in [5.41, 5.74) is 1.22. The Labute approximate surface area is 202 Å². The molecule has 4 heterocycles. The van der Waals surface area contributed by atoms with Gasteiger partial charge < -0.3 is 24.9 Å². The number of piperazine rings is 2. The molecule has 2 aromatic heterocycles. The van der Waals surface area contributed by atoms with Crippen LogP contribution in [0, 0.1) is 0 Å². The number of hydrogen-bond acceptors (Lipinski definition) is 6. The van der Waals surface area contributed by atoms with E-state index in [0.29, 0.717) is 0 Å². The maximum atomic E-state index is 4.69. The monoisotopic (exact) mass is 536 g/mol. The zero-order valence-corrected chi connectivity index (χ0v) is 20.8. The number of aliphatic imine (C=N–C) groups is 1. The summed E-state index contributed by atoms with van der Waals surface area (Å²) in [5, 5.41) is 3.56. The molecule has 0 spiro atoms. The fraction of sp³-hybridized carbons (Fsp3) is 0.500. The van der Waals surface area contributed by atoms with Crippen molar-refractivity contribution in [3.05, 3.63) is 48.3 Å². The van der Waals surface area contributed by atoms with Crippen molar-refractivity contribution >= 4 is 41.6 Å². The molecule has 0 atom stereocenters. The van der Waals surface area contributed by atoms with Gasteiger partial charge in [-0.1, -0.05) is 12.1 Å². The molecule has 8 nitrogen and oxygen atoms in total. The van der Waals surface area contributed by atoms with Gasteiger partial charge in [-0.05, 0) is 25.2 Å². The summed E-state index contributed by atoms with van der Waals surface area (Å²) in [6.45, 7) is 8.65. The zero-order chi connectivity index (χ0) is 20.8. The van der Waals surface area contributed by atoms with Gasteiger partial charge in [0.1, 0.15) is 11.6 Å². The lowest BCUT2D eigenvalue weighted by Crippen LogP contribution is -2.52. The lowest BCUT2D eigenvalue weighted by atomic mass is 10.2. The first kappa shape index (κ1) is 23.5. The molecule has 9 heteroatoms. The SMILES string of the molecule is CN=C(NCc1cccnc1N1CCN(C)CC1)N1CCN(c2ccccn2)CC1.I. The number of hydrogen-bond donors (Lipinski definition) is 1. The van der Waals surface area contributed by atoms with Crippen LogP contribution in [0.4, 0.5) is 11.6 Å². The number of nitrogens with zero attached hydrogens (tertiary/aromatic N) is 7. The Balaban J connectivity index is 0.00000272. The van der Waals surface area contributed by atoms with Gasteiger partial charge in [0.25, 0.3) is 0 Å². The highest BCUT2D eigenvalue weighted by atomic mass is 127. The van der Waals surface area contributed by atoms with Crippen LogP contribution < -0.4 is 15.1 Å². The molecule has 0 bridgehead atoms. The highest BCUT2D eigenvalue weighted by Crippen LogP contribution is 2.19. The van der Waals surface area contributed by atoms with Crippen LogP contribution in [0.3, 0.4) is 0 Å². The summed E-state index contributed by atoms with van der Waals surface area (Å²) in [5.74, 6) is 3.09. The summed E-state index contributed by atoms with van der Waals surface area (Å²) >= 11 is 0. The Morgan fingerprint density at radius 1 is 0.903 bits per heavy atom. The first-order chi connectivity index (χ1) is 14.7. The quantitative estimate of drug-likeness (QED) is 0.363. The molecular formula is C22H33IN8. The number of rotatable bonds is 4. The smallest absolute Gasteiger partial charge is 0.194 e.